The van der Waals surface area contributed by atoms with Crippen LogP contribution in [0.4, 0.5) is 5.69 Å². The summed E-state index contributed by atoms with van der Waals surface area (Å²) >= 11 is 9.65. The molecule has 19 heavy (non-hydrogen) atoms. The van der Waals surface area contributed by atoms with Gasteiger partial charge in [0.05, 0.1) is 15.9 Å². The summed E-state index contributed by atoms with van der Waals surface area (Å²) in [5, 5.41) is 6.10. The van der Waals surface area contributed by atoms with Crippen molar-refractivity contribution in [2.75, 3.05) is 5.32 Å². The summed E-state index contributed by atoms with van der Waals surface area (Å²) in [7, 11) is 0. The van der Waals surface area contributed by atoms with Gasteiger partial charge in [-0.1, -0.05) is 17.7 Å². The summed E-state index contributed by atoms with van der Waals surface area (Å²) in [6.07, 6.45) is 0. The number of pyridine rings is 1. The highest BCUT2D eigenvalue weighted by Crippen LogP contribution is 2.36. The van der Waals surface area contributed by atoms with Crippen LogP contribution in [0, 0.1) is 13.8 Å². The molecular weight excluding hydrogens is 296 g/mol. The SMILES string of the molecule is Cc1sc2c(NCc3cccs3)cc(Cl)nc2c1C. The van der Waals surface area contributed by atoms with Gasteiger partial charge in [0.2, 0.25) is 0 Å². The first kappa shape index (κ1) is 12.9. The zero-order valence-electron chi connectivity index (χ0n) is 10.7. The maximum absolute atomic E-state index is 6.12. The molecule has 0 amide bonds. The van der Waals surface area contributed by atoms with Gasteiger partial charge in [-0.05, 0) is 30.9 Å². The van der Waals surface area contributed by atoms with Gasteiger partial charge >= 0.3 is 0 Å². The fourth-order valence-corrected chi connectivity index (χ4v) is 3.91. The number of hydrogen-bond acceptors (Lipinski definition) is 4. The highest BCUT2D eigenvalue weighted by Gasteiger charge is 2.12. The number of nitrogens with zero attached hydrogens (tertiary/aromatic N) is 1. The second-order valence-corrected chi connectivity index (χ2v) is 7.03. The second kappa shape index (κ2) is 5.12. The number of nitrogens with one attached hydrogen (secondary N) is 1. The van der Waals surface area contributed by atoms with E-state index in [1.807, 2.05) is 6.07 Å². The molecule has 0 saturated carbocycles. The molecule has 0 fully saturated rings. The minimum atomic E-state index is 0.544. The van der Waals surface area contributed by atoms with Crippen molar-refractivity contribution in [1.29, 1.82) is 0 Å². The van der Waals surface area contributed by atoms with Gasteiger partial charge < -0.3 is 5.32 Å². The summed E-state index contributed by atoms with van der Waals surface area (Å²) < 4.78 is 1.19. The number of fused-ring (bicyclic) bond motifs is 1. The lowest BCUT2D eigenvalue weighted by Gasteiger charge is -2.06. The van der Waals surface area contributed by atoms with E-state index in [0.717, 1.165) is 17.7 Å². The second-order valence-electron chi connectivity index (χ2n) is 4.39. The molecule has 0 spiro atoms. The van der Waals surface area contributed by atoms with E-state index in [1.165, 1.54) is 20.0 Å². The molecule has 0 saturated heterocycles. The molecule has 0 aliphatic carbocycles. The van der Waals surface area contributed by atoms with Crippen molar-refractivity contribution in [3.05, 3.63) is 44.1 Å². The van der Waals surface area contributed by atoms with Crippen LogP contribution in [0.25, 0.3) is 10.2 Å². The third-order valence-electron chi connectivity index (χ3n) is 3.11. The van der Waals surface area contributed by atoms with Crippen molar-refractivity contribution >= 4 is 50.2 Å². The predicted octanol–water partition coefficient (Wildman–Crippen LogP) is 5.24. The zero-order chi connectivity index (χ0) is 13.4. The molecule has 3 rings (SSSR count). The summed E-state index contributed by atoms with van der Waals surface area (Å²) in [6.45, 7) is 5.04. The molecule has 0 bridgehead atoms. The van der Waals surface area contributed by atoms with E-state index in [0.29, 0.717) is 5.15 Å². The van der Waals surface area contributed by atoms with Gasteiger partial charge in [-0.25, -0.2) is 4.98 Å². The monoisotopic (exact) mass is 308 g/mol. The maximum atomic E-state index is 6.12. The Kier molecular flexibility index (Phi) is 3.48. The van der Waals surface area contributed by atoms with Gasteiger partial charge in [-0.2, -0.15) is 0 Å². The van der Waals surface area contributed by atoms with Gasteiger partial charge in [0, 0.05) is 22.4 Å². The normalized spacial score (nSPS) is 11.1. The number of halogens is 1. The number of hydrogen-bond donors (Lipinski definition) is 1. The van der Waals surface area contributed by atoms with Crippen molar-refractivity contribution in [3.8, 4) is 0 Å². The Hall–Kier alpha value is -1.10. The molecule has 3 aromatic rings. The van der Waals surface area contributed by atoms with E-state index >= 15 is 0 Å². The summed E-state index contributed by atoms with van der Waals surface area (Å²) in [5.41, 5.74) is 3.31. The summed E-state index contributed by atoms with van der Waals surface area (Å²) in [4.78, 5) is 7.05. The van der Waals surface area contributed by atoms with Crippen LogP contribution >= 0.6 is 34.3 Å². The van der Waals surface area contributed by atoms with E-state index in [9.17, 15) is 0 Å². The van der Waals surface area contributed by atoms with E-state index in [1.54, 1.807) is 22.7 Å². The Balaban J connectivity index is 2.00. The van der Waals surface area contributed by atoms with Gasteiger partial charge in [0.25, 0.3) is 0 Å². The number of anilines is 1. The summed E-state index contributed by atoms with van der Waals surface area (Å²) in [5.74, 6) is 0. The Morgan fingerprint density at radius 3 is 2.95 bits per heavy atom. The first-order chi connectivity index (χ1) is 9.15. The minimum Gasteiger partial charge on any atom is -0.379 e. The van der Waals surface area contributed by atoms with Crippen molar-refractivity contribution in [1.82, 2.24) is 4.98 Å². The summed E-state index contributed by atoms with van der Waals surface area (Å²) in [6, 6.07) is 6.10. The number of aryl methyl sites for hydroxylation is 2. The molecule has 2 nitrogen and oxygen atoms in total. The van der Waals surface area contributed by atoms with E-state index in [-0.39, 0.29) is 0 Å². The van der Waals surface area contributed by atoms with E-state index in [2.05, 4.69) is 41.7 Å². The molecule has 0 unspecified atom stereocenters. The average molecular weight is 309 g/mol. The third kappa shape index (κ3) is 2.48. The van der Waals surface area contributed by atoms with Crippen LogP contribution in [0.2, 0.25) is 5.15 Å². The number of rotatable bonds is 3. The Morgan fingerprint density at radius 1 is 1.37 bits per heavy atom. The molecule has 3 aromatic heterocycles. The molecule has 0 aliphatic heterocycles. The fraction of sp³-hybridized carbons (Fsp3) is 0.214. The van der Waals surface area contributed by atoms with Crippen molar-refractivity contribution < 1.29 is 0 Å². The lowest BCUT2D eigenvalue weighted by Crippen LogP contribution is -1.98. The van der Waals surface area contributed by atoms with Crippen LogP contribution in [0.1, 0.15) is 15.3 Å². The quantitative estimate of drug-likeness (QED) is 0.669. The van der Waals surface area contributed by atoms with Gasteiger partial charge in [-0.3, -0.25) is 0 Å². The van der Waals surface area contributed by atoms with E-state index in [4.69, 9.17) is 11.6 Å². The Labute approximate surface area is 125 Å². The van der Waals surface area contributed by atoms with E-state index < -0.39 is 0 Å². The van der Waals surface area contributed by atoms with Crippen LogP contribution in [0.15, 0.2) is 23.6 Å². The van der Waals surface area contributed by atoms with Gasteiger partial charge in [0.1, 0.15) is 5.15 Å². The zero-order valence-corrected chi connectivity index (χ0v) is 13.0. The van der Waals surface area contributed by atoms with Crippen LogP contribution in [0.3, 0.4) is 0 Å². The fourth-order valence-electron chi connectivity index (χ4n) is 1.98. The Morgan fingerprint density at radius 2 is 2.21 bits per heavy atom. The smallest absolute Gasteiger partial charge is 0.131 e. The number of aromatic nitrogens is 1. The van der Waals surface area contributed by atoms with Crippen molar-refractivity contribution in [2.24, 2.45) is 0 Å². The largest absolute Gasteiger partial charge is 0.379 e. The molecular formula is C14H13ClN2S2. The van der Waals surface area contributed by atoms with Crippen LogP contribution in [0.5, 0.6) is 0 Å². The number of thiophene rings is 2. The lowest BCUT2D eigenvalue weighted by molar-refractivity contribution is 1.20. The topological polar surface area (TPSA) is 24.9 Å². The van der Waals surface area contributed by atoms with Crippen LogP contribution in [-0.2, 0) is 6.54 Å². The maximum Gasteiger partial charge on any atom is 0.131 e. The molecule has 0 aliphatic rings. The lowest BCUT2D eigenvalue weighted by atomic mass is 10.2. The molecule has 0 atom stereocenters. The molecule has 0 radical (unpaired) electrons. The van der Waals surface area contributed by atoms with Crippen molar-refractivity contribution in [2.45, 2.75) is 20.4 Å². The van der Waals surface area contributed by atoms with Crippen molar-refractivity contribution in [3.63, 3.8) is 0 Å². The molecule has 1 N–H and O–H groups in total. The highest BCUT2D eigenvalue weighted by molar-refractivity contribution is 7.19. The van der Waals surface area contributed by atoms with Crippen LogP contribution in [-0.4, -0.2) is 4.98 Å². The first-order valence-corrected chi connectivity index (χ1v) is 8.05. The standard InChI is InChI=1S/C14H13ClN2S2/c1-8-9(2)19-14-11(6-12(15)17-13(8)14)16-7-10-4-3-5-18-10/h3-6H,7H2,1-2H3,(H,16,17). The molecule has 0 aromatic carbocycles. The first-order valence-electron chi connectivity index (χ1n) is 5.97. The molecule has 5 heteroatoms. The van der Waals surface area contributed by atoms with Crippen LogP contribution < -0.4 is 5.32 Å². The highest BCUT2D eigenvalue weighted by atomic mass is 35.5. The minimum absolute atomic E-state index is 0.544. The third-order valence-corrected chi connectivity index (χ3v) is 5.41. The molecule has 3 heterocycles. The van der Waals surface area contributed by atoms with Gasteiger partial charge in [0.15, 0.2) is 0 Å². The average Bonchev–Trinajstić information content (AvgIpc) is 2.98. The molecule has 98 valence electrons. The van der Waals surface area contributed by atoms with Gasteiger partial charge in [-0.15, -0.1) is 22.7 Å². The predicted molar refractivity (Wildman–Crippen MR) is 85.7 cm³/mol. The Bertz CT molecular complexity index is 717.